The highest BCUT2D eigenvalue weighted by atomic mass is 16.7. The third-order valence-corrected chi connectivity index (χ3v) is 10.7. The second-order valence-electron chi connectivity index (χ2n) is 16.2. The highest BCUT2D eigenvalue weighted by molar-refractivity contribution is 5.70. The number of hydrogen-bond donors (Lipinski definition) is 4. The molecule has 6 atom stereocenters. The molecule has 1 rings (SSSR count). The van der Waals surface area contributed by atoms with Crippen molar-refractivity contribution in [2.45, 2.75) is 237 Å². The summed E-state index contributed by atoms with van der Waals surface area (Å²) in [5.41, 5.74) is 0. The number of unbranched alkanes of at least 4 members (excludes halogenated alkanes) is 22. The van der Waals surface area contributed by atoms with E-state index >= 15 is 0 Å². The van der Waals surface area contributed by atoms with Crippen molar-refractivity contribution in [3.05, 3.63) is 36.5 Å². The molecule has 4 N–H and O–H groups in total. The third kappa shape index (κ3) is 30.0. The number of carbonyl (C=O) groups is 2. The monoisotopic (exact) mass is 823 g/mol. The number of hydrogen-bond acceptors (Lipinski definition) is 10. The molecule has 0 amide bonds. The molecular weight excluding hydrogens is 737 g/mol. The van der Waals surface area contributed by atoms with Crippen molar-refractivity contribution in [2.75, 3.05) is 19.8 Å². The molecule has 2 unspecified atom stereocenters. The minimum absolute atomic E-state index is 0.225. The Hall–Kier alpha value is -2.08. The molecule has 1 saturated heterocycles. The van der Waals surface area contributed by atoms with Crippen LogP contribution in [0.15, 0.2) is 36.5 Å². The Morgan fingerprint density at radius 3 is 1.50 bits per heavy atom. The third-order valence-electron chi connectivity index (χ3n) is 10.7. The van der Waals surface area contributed by atoms with Crippen LogP contribution >= 0.6 is 0 Å². The first-order valence-corrected chi connectivity index (χ1v) is 23.6. The lowest BCUT2D eigenvalue weighted by atomic mass is 9.99. The Bertz CT molecular complexity index is 1040. The molecule has 0 saturated carbocycles. The molecule has 0 aromatic carbocycles. The summed E-state index contributed by atoms with van der Waals surface area (Å²) in [6.07, 6.45) is 37.2. The molecule has 0 radical (unpaired) electrons. The number of rotatable bonds is 39. The zero-order valence-corrected chi connectivity index (χ0v) is 36.8. The SMILES string of the molecule is CCCC/C=C/C/C=C/CCCCCCCC(=O)OC[C@H](CO[C@@H]1O[C@H](CO)[C@H](O)C(O)C1O)OC(=O)CCCCCCCCCCC/C=C/CCCCCCCC. The zero-order valence-electron chi connectivity index (χ0n) is 36.8. The standard InChI is InChI=1S/C48H86O10/c1-3-5-7-9-11-13-15-17-19-20-21-22-23-25-27-29-31-33-35-37-44(51)57-41(40-56-48-47(54)46(53)45(52)42(38-49)58-48)39-55-43(50)36-34-32-30-28-26-24-18-16-14-12-10-8-6-4-2/h10,12,16-19,41-42,45-49,52-54H,3-9,11,13-15,20-40H2,1-2H3/b12-10+,18-16+,19-17+/t41-,42-,45+,46?,47?,48-/m1/s1. The van der Waals surface area contributed by atoms with E-state index in [0.717, 1.165) is 64.2 Å². The second kappa shape index (κ2) is 39.1. The topological polar surface area (TPSA) is 152 Å². The molecule has 58 heavy (non-hydrogen) atoms. The highest BCUT2D eigenvalue weighted by Crippen LogP contribution is 2.23. The van der Waals surface area contributed by atoms with Gasteiger partial charge in [-0.25, -0.2) is 0 Å². The van der Waals surface area contributed by atoms with E-state index < -0.39 is 49.4 Å². The summed E-state index contributed by atoms with van der Waals surface area (Å²) in [6, 6.07) is 0. The van der Waals surface area contributed by atoms with Gasteiger partial charge in [-0.3, -0.25) is 9.59 Å². The molecule has 338 valence electrons. The summed E-state index contributed by atoms with van der Waals surface area (Å²) in [5, 5.41) is 40.1. The maximum atomic E-state index is 12.8. The fourth-order valence-electron chi connectivity index (χ4n) is 6.96. The summed E-state index contributed by atoms with van der Waals surface area (Å²) in [6.45, 7) is 3.37. The predicted octanol–water partition coefficient (Wildman–Crippen LogP) is 10.3. The number of esters is 2. The summed E-state index contributed by atoms with van der Waals surface area (Å²) in [5.74, 6) is -0.822. The fourth-order valence-corrected chi connectivity index (χ4v) is 6.96. The van der Waals surface area contributed by atoms with Crippen molar-refractivity contribution in [1.29, 1.82) is 0 Å². The van der Waals surface area contributed by atoms with Gasteiger partial charge in [-0.2, -0.15) is 0 Å². The lowest BCUT2D eigenvalue weighted by molar-refractivity contribution is -0.305. The second-order valence-corrected chi connectivity index (χ2v) is 16.2. The number of aliphatic hydroxyl groups is 4. The van der Waals surface area contributed by atoms with Gasteiger partial charge in [0, 0.05) is 12.8 Å². The van der Waals surface area contributed by atoms with Gasteiger partial charge in [0.15, 0.2) is 12.4 Å². The molecule has 1 aliphatic heterocycles. The van der Waals surface area contributed by atoms with E-state index in [1.807, 2.05) is 0 Å². The van der Waals surface area contributed by atoms with Crippen LogP contribution in [-0.2, 0) is 28.5 Å². The number of ether oxygens (including phenoxy) is 4. The van der Waals surface area contributed by atoms with Crippen LogP contribution in [0, 0.1) is 0 Å². The van der Waals surface area contributed by atoms with Crippen molar-refractivity contribution in [2.24, 2.45) is 0 Å². The molecule has 0 aliphatic carbocycles. The first-order chi connectivity index (χ1) is 28.3. The van der Waals surface area contributed by atoms with Gasteiger partial charge in [-0.1, -0.05) is 159 Å². The average molecular weight is 823 g/mol. The van der Waals surface area contributed by atoms with Crippen molar-refractivity contribution in [1.82, 2.24) is 0 Å². The predicted molar refractivity (Wildman–Crippen MR) is 233 cm³/mol. The molecule has 1 fully saturated rings. The smallest absolute Gasteiger partial charge is 0.306 e. The highest BCUT2D eigenvalue weighted by Gasteiger charge is 2.44. The minimum Gasteiger partial charge on any atom is -0.462 e. The molecule has 1 aliphatic rings. The molecule has 0 bridgehead atoms. The number of carbonyl (C=O) groups excluding carboxylic acids is 2. The fraction of sp³-hybridized carbons (Fsp3) is 0.833. The van der Waals surface area contributed by atoms with Gasteiger partial charge in [0.05, 0.1) is 13.2 Å². The first kappa shape index (κ1) is 53.9. The number of allylic oxidation sites excluding steroid dienone is 6. The normalized spacial score (nSPS) is 20.4. The Kier molecular flexibility index (Phi) is 36.3. The van der Waals surface area contributed by atoms with Gasteiger partial charge in [-0.05, 0) is 64.2 Å². The summed E-state index contributed by atoms with van der Waals surface area (Å²) in [4.78, 5) is 25.3. The van der Waals surface area contributed by atoms with E-state index in [-0.39, 0.29) is 32.0 Å². The van der Waals surface area contributed by atoms with Crippen molar-refractivity contribution in [3.63, 3.8) is 0 Å². The molecule has 0 aromatic rings. The van der Waals surface area contributed by atoms with E-state index in [2.05, 4.69) is 50.3 Å². The Balaban J connectivity index is 2.31. The van der Waals surface area contributed by atoms with Crippen LogP contribution < -0.4 is 0 Å². The van der Waals surface area contributed by atoms with E-state index in [1.54, 1.807) is 0 Å². The van der Waals surface area contributed by atoms with Crippen molar-refractivity contribution < 1.29 is 49.0 Å². The van der Waals surface area contributed by atoms with Crippen molar-refractivity contribution in [3.8, 4) is 0 Å². The molecule has 0 aromatic heterocycles. The molecule has 0 spiro atoms. The maximum absolute atomic E-state index is 12.8. The van der Waals surface area contributed by atoms with E-state index in [4.69, 9.17) is 18.9 Å². The maximum Gasteiger partial charge on any atom is 0.306 e. The average Bonchev–Trinajstić information content (AvgIpc) is 3.22. The van der Waals surface area contributed by atoms with E-state index in [9.17, 15) is 30.0 Å². The summed E-state index contributed by atoms with van der Waals surface area (Å²) < 4.78 is 22.2. The first-order valence-electron chi connectivity index (χ1n) is 23.6. The minimum atomic E-state index is -1.60. The van der Waals surface area contributed by atoms with Crippen LogP contribution in [0.4, 0.5) is 0 Å². The lowest BCUT2D eigenvalue weighted by Gasteiger charge is -2.39. The van der Waals surface area contributed by atoms with Crippen LogP contribution in [0.1, 0.15) is 200 Å². The zero-order chi connectivity index (χ0) is 42.3. The lowest BCUT2D eigenvalue weighted by Crippen LogP contribution is -2.59. The van der Waals surface area contributed by atoms with Crippen molar-refractivity contribution >= 4 is 11.9 Å². The van der Waals surface area contributed by atoms with Gasteiger partial charge in [0.1, 0.15) is 31.0 Å². The largest absolute Gasteiger partial charge is 0.462 e. The van der Waals surface area contributed by atoms with Crippen LogP contribution in [-0.4, -0.2) is 89.0 Å². The Morgan fingerprint density at radius 1 is 0.534 bits per heavy atom. The van der Waals surface area contributed by atoms with Gasteiger partial charge in [0.2, 0.25) is 0 Å². The van der Waals surface area contributed by atoms with Crippen LogP contribution in [0.25, 0.3) is 0 Å². The quantitative estimate of drug-likeness (QED) is 0.0268. The Labute approximate surface area is 353 Å². The van der Waals surface area contributed by atoms with Crippen LogP contribution in [0.3, 0.4) is 0 Å². The van der Waals surface area contributed by atoms with E-state index in [1.165, 1.54) is 96.3 Å². The van der Waals surface area contributed by atoms with Gasteiger partial charge in [-0.15, -0.1) is 0 Å². The van der Waals surface area contributed by atoms with Gasteiger partial charge in [0.25, 0.3) is 0 Å². The van der Waals surface area contributed by atoms with Crippen LogP contribution in [0.5, 0.6) is 0 Å². The van der Waals surface area contributed by atoms with E-state index in [0.29, 0.717) is 12.8 Å². The molecule has 10 heteroatoms. The Morgan fingerprint density at radius 2 is 0.983 bits per heavy atom. The van der Waals surface area contributed by atoms with Crippen LogP contribution in [0.2, 0.25) is 0 Å². The summed E-state index contributed by atoms with van der Waals surface area (Å²) >= 11 is 0. The molecular formula is C48H86O10. The molecule has 1 heterocycles. The number of aliphatic hydroxyl groups excluding tert-OH is 4. The summed E-state index contributed by atoms with van der Waals surface area (Å²) in [7, 11) is 0. The van der Waals surface area contributed by atoms with Gasteiger partial charge >= 0.3 is 11.9 Å². The van der Waals surface area contributed by atoms with Gasteiger partial charge < -0.3 is 39.4 Å². The molecule has 10 nitrogen and oxygen atoms in total.